The quantitative estimate of drug-likeness (QED) is 0.0535. The van der Waals surface area contributed by atoms with E-state index in [4.69, 9.17) is 42.6 Å². The highest BCUT2D eigenvalue weighted by Gasteiger charge is 2.07. The number of unbranched alkanes of at least 4 members (excludes halogenated alkanes) is 11. The Hall–Kier alpha value is -1.83. The molecular formula is C40H73NO10. The van der Waals surface area contributed by atoms with Crippen molar-refractivity contribution in [2.24, 2.45) is 0 Å². The van der Waals surface area contributed by atoms with E-state index in [0.717, 1.165) is 38.1 Å². The lowest BCUT2D eigenvalue weighted by Gasteiger charge is -2.09. The molecule has 0 radical (unpaired) electrons. The highest BCUT2D eigenvalue weighted by molar-refractivity contribution is 5.89. The predicted molar refractivity (Wildman–Crippen MR) is 203 cm³/mol. The maximum absolute atomic E-state index is 12.1. The van der Waals surface area contributed by atoms with Crippen LogP contribution in [0.25, 0.3) is 0 Å². The molecule has 0 atom stereocenters. The number of benzene rings is 1. The van der Waals surface area contributed by atoms with Gasteiger partial charge in [0.25, 0.3) is 0 Å². The fourth-order valence-electron chi connectivity index (χ4n) is 4.92. The highest BCUT2D eigenvalue weighted by atomic mass is 16.6. The summed E-state index contributed by atoms with van der Waals surface area (Å²) < 4.78 is 49.5. The second kappa shape index (κ2) is 39.4. The maximum atomic E-state index is 12.1. The smallest absolute Gasteiger partial charge is 0.338 e. The molecule has 11 nitrogen and oxygen atoms in total. The number of rotatable bonds is 41. The minimum atomic E-state index is -0.355. The Balaban J connectivity index is 1.68. The molecule has 1 aromatic carbocycles. The molecule has 0 unspecified atom stereocenters. The van der Waals surface area contributed by atoms with Gasteiger partial charge in [0.15, 0.2) is 0 Å². The summed E-state index contributed by atoms with van der Waals surface area (Å²) in [6.07, 6.45) is 17.1. The van der Waals surface area contributed by atoms with Gasteiger partial charge < -0.3 is 47.9 Å². The summed E-state index contributed by atoms with van der Waals surface area (Å²) in [5.74, 6) is -0.355. The van der Waals surface area contributed by atoms with Crippen LogP contribution in [0, 0.1) is 0 Å². The van der Waals surface area contributed by atoms with Crippen molar-refractivity contribution in [2.45, 2.75) is 97.3 Å². The van der Waals surface area contributed by atoms with Crippen molar-refractivity contribution in [1.82, 2.24) is 0 Å². The van der Waals surface area contributed by atoms with Crippen molar-refractivity contribution in [2.75, 3.05) is 124 Å². The van der Waals surface area contributed by atoms with Crippen molar-refractivity contribution in [3.8, 4) is 0 Å². The molecule has 0 fully saturated rings. The van der Waals surface area contributed by atoms with Gasteiger partial charge in [0, 0.05) is 18.8 Å². The summed E-state index contributed by atoms with van der Waals surface area (Å²) in [4.78, 5) is 12.1. The molecule has 0 bridgehead atoms. The lowest BCUT2D eigenvalue weighted by Crippen LogP contribution is -2.15. The SMILES string of the molecule is CCCCCCCCCCCCCOCCOCCOCCOCCOCCOCCOCCOCCOC(=O)c1ccc(NCCCC)cc1. The maximum Gasteiger partial charge on any atom is 0.338 e. The van der Waals surface area contributed by atoms with Gasteiger partial charge >= 0.3 is 5.97 Å². The number of ether oxygens (including phenoxy) is 9. The van der Waals surface area contributed by atoms with Gasteiger partial charge in [0.1, 0.15) is 6.61 Å². The van der Waals surface area contributed by atoms with E-state index in [9.17, 15) is 4.79 Å². The molecule has 11 heteroatoms. The first-order chi connectivity index (χ1) is 25.3. The van der Waals surface area contributed by atoms with E-state index >= 15 is 0 Å². The monoisotopic (exact) mass is 728 g/mol. The van der Waals surface area contributed by atoms with Crippen LogP contribution in [0.1, 0.15) is 108 Å². The second-order valence-corrected chi connectivity index (χ2v) is 12.4. The van der Waals surface area contributed by atoms with Crippen molar-refractivity contribution in [3.05, 3.63) is 29.8 Å². The highest BCUT2D eigenvalue weighted by Crippen LogP contribution is 2.12. The lowest BCUT2D eigenvalue weighted by atomic mass is 10.1. The van der Waals surface area contributed by atoms with Crippen LogP contribution in [-0.2, 0) is 42.6 Å². The van der Waals surface area contributed by atoms with Crippen LogP contribution in [0.4, 0.5) is 5.69 Å². The number of anilines is 1. The van der Waals surface area contributed by atoms with Crippen LogP contribution in [0.15, 0.2) is 24.3 Å². The van der Waals surface area contributed by atoms with Crippen molar-refractivity contribution >= 4 is 11.7 Å². The van der Waals surface area contributed by atoms with Crippen molar-refractivity contribution in [1.29, 1.82) is 0 Å². The Morgan fingerprint density at radius 2 is 0.745 bits per heavy atom. The third kappa shape index (κ3) is 33.7. The molecule has 0 aliphatic carbocycles. The molecule has 0 spiro atoms. The minimum Gasteiger partial charge on any atom is -0.460 e. The molecule has 0 aliphatic rings. The minimum absolute atomic E-state index is 0.197. The zero-order valence-corrected chi connectivity index (χ0v) is 32.3. The zero-order valence-electron chi connectivity index (χ0n) is 32.3. The van der Waals surface area contributed by atoms with Crippen LogP contribution in [-0.4, -0.2) is 125 Å². The van der Waals surface area contributed by atoms with E-state index in [2.05, 4.69) is 19.2 Å². The van der Waals surface area contributed by atoms with Gasteiger partial charge in [-0.1, -0.05) is 84.5 Å². The number of carbonyl (C=O) groups excluding carboxylic acids is 1. The van der Waals surface area contributed by atoms with Gasteiger partial charge in [-0.05, 0) is 37.1 Å². The van der Waals surface area contributed by atoms with Crippen LogP contribution >= 0.6 is 0 Å². The summed E-state index contributed by atoms with van der Waals surface area (Å²) in [7, 11) is 0. The Morgan fingerprint density at radius 1 is 0.412 bits per heavy atom. The van der Waals surface area contributed by atoms with Crippen molar-refractivity contribution < 1.29 is 47.4 Å². The normalized spacial score (nSPS) is 11.3. The summed E-state index contributed by atoms with van der Waals surface area (Å²) in [6, 6.07) is 7.31. The number of esters is 1. The third-order valence-electron chi connectivity index (χ3n) is 7.94. The fraction of sp³-hybridized carbons (Fsp3) is 0.825. The molecular weight excluding hydrogens is 654 g/mol. The molecule has 298 valence electrons. The molecule has 0 saturated carbocycles. The van der Waals surface area contributed by atoms with E-state index in [1.165, 1.54) is 64.2 Å². The van der Waals surface area contributed by atoms with Crippen LogP contribution < -0.4 is 5.32 Å². The average Bonchev–Trinajstić information content (AvgIpc) is 3.15. The summed E-state index contributed by atoms with van der Waals surface area (Å²) in [6.45, 7) is 14.0. The molecule has 0 aromatic heterocycles. The van der Waals surface area contributed by atoms with E-state index in [1.54, 1.807) is 12.1 Å². The van der Waals surface area contributed by atoms with E-state index in [1.807, 2.05) is 12.1 Å². The first-order valence-corrected chi connectivity index (χ1v) is 19.9. The van der Waals surface area contributed by atoms with E-state index in [0.29, 0.717) is 105 Å². The molecule has 1 rings (SSSR count). The average molecular weight is 728 g/mol. The molecule has 51 heavy (non-hydrogen) atoms. The fourth-order valence-corrected chi connectivity index (χ4v) is 4.92. The lowest BCUT2D eigenvalue weighted by molar-refractivity contribution is -0.0244. The van der Waals surface area contributed by atoms with Gasteiger partial charge in [0.2, 0.25) is 0 Å². The van der Waals surface area contributed by atoms with E-state index in [-0.39, 0.29) is 12.6 Å². The number of carbonyl (C=O) groups is 1. The topological polar surface area (TPSA) is 112 Å². The third-order valence-corrected chi connectivity index (χ3v) is 7.94. The Labute approximate surface area is 310 Å². The van der Waals surface area contributed by atoms with Crippen molar-refractivity contribution in [3.63, 3.8) is 0 Å². The first kappa shape index (κ1) is 47.2. The largest absolute Gasteiger partial charge is 0.460 e. The van der Waals surface area contributed by atoms with E-state index < -0.39 is 0 Å². The molecule has 1 aromatic rings. The first-order valence-electron chi connectivity index (χ1n) is 19.9. The molecule has 0 heterocycles. The molecule has 0 amide bonds. The molecule has 0 aliphatic heterocycles. The Kier molecular flexibility index (Phi) is 36.4. The van der Waals surface area contributed by atoms with Crippen LogP contribution in [0.5, 0.6) is 0 Å². The number of hydrogen-bond acceptors (Lipinski definition) is 11. The van der Waals surface area contributed by atoms with Gasteiger partial charge in [-0.2, -0.15) is 0 Å². The zero-order chi connectivity index (χ0) is 36.6. The van der Waals surface area contributed by atoms with Crippen LogP contribution in [0.2, 0.25) is 0 Å². The summed E-state index contributed by atoms with van der Waals surface area (Å²) >= 11 is 0. The standard InChI is InChI=1S/C40H73NO10/c1-3-5-7-8-9-10-11-12-13-14-15-21-43-22-23-44-24-25-45-26-27-46-28-29-47-30-31-48-32-33-49-34-35-50-36-37-51-40(42)38-16-18-39(19-17-38)41-20-6-4-2/h16-19,41H,3-15,20-37H2,1-2H3. The van der Waals surface area contributed by atoms with Gasteiger partial charge in [0.05, 0.1) is 105 Å². The predicted octanol–water partition coefficient (Wildman–Crippen LogP) is 7.50. The Bertz CT molecular complexity index is 845. The van der Waals surface area contributed by atoms with Gasteiger partial charge in [-0.3, -0.25) is 0 Å². The van der Waals surface area contributed by atoms with Gasteiger partial charge in [-0.15, -0.1) is 0 Å². The van der Waals surface area contributed by atoms with Gasteiger partial charge in [-0.25, -0.2) is 4.79 Å². The summed E-state index contributed by atoms with van der Waals surface area (Å²) in [5.41, 5.74) is 1.53. The Morgan fingerprint density at radius 3 is 1.14 bits per heavy atom. The molecule has 1 N–H and O–H groups in total. The number of nitrogens with one attached hydrogen (secondary N) is 1. The second-order valence-electron chi connectivity index (χ2n) is 12.4. The summed E-state index contributed by atoms with van der Waals surface area (Å²) in [5, 5.41) is 3.32. The number of hydrogen-bond donors (Lipinski definition) is 1. The molecule has 0 saturated heterocycles. The van der Waals surface area contributed by atoms with Crippen LogP contribution in [0.3, 0.4) is 0 Å².